The number of hydrogen-bond donors (Lipinski definition) is 0. The minimum absolute atomic E-state index is 0.156. The first-order chi connectivity index (χ1) is 15.1. The fourth-order valence-electron chi connectivity index (χ4n) is 5.36. The van der Waals surface area contributed by atoms with E-state index in [1.807, 2.05) is 0 Å². The Morgan fingerprint density at radius 2 is 1.72 bits per heavy atom. The van der Waals surface area contributed by atoms with Crippen molar-refractivity contribution in [1.82, 2.24) is 0 Å². The average Bonchev–Trinajstić information content (AvgIpc) is 2.71. The highest BCUT2D eigenvalue weighted by molar-refractivity contribution is 6.06. The van der Waals surface area contributed by atoms with E-state index in [9.17, 15) is 0 Å². The predicted octanol–water partition coefficient (Wildman–Crippen LogP) is 7.69. The molecule has 32 heavy (non-hydrogen) atoms. The molecule has 2 heteroatoms. The van der Waals surface area contributed by atoms with Gasteiger partial charge in [0.15, 0.2) is 6.20 Å². The van der Waals surface area contributed by atoms with Crippen molar-refractivity contribution >= 4 is 21.5 Å². The van der Waals surface area contributed by atoms with E-state index in [2.05, 4.69) is 102 Å². The molecule has 0 N–H and O–H groups in total. The van der Waals surface area contributed by atoms with Crippen molar-refractivity contribution in [2.75, 3.05) is 0 Å². The molecule has 0 radical (unpaired) electrons. The Balaban J connectivity index is 1.90. The molecule has 2 heterocycles. The lowest BCUT2D eigenvalue weighted by Gasteiger charge is -2.28. The molecule has 0 bridgehead atoms. The molecule has 5 rings (SSSR count). The number of aryl methyl sites for hydroxylation is 2. The van der Waals surface area contributed by atoms with Crippen LogP contribution in [-0.2, 0) is 19.9 Å². The van der Waals surface area contributed by atoms with Gasteiger partial charge in [0.05, 0.1) is 10.9 Å². The van der Waals surface area contributed by atoms with E-state index >= 15 is 0 Å². The summed E-state index contributed by atoms with van der Waals surface area (Å²) < 4.78 is 9.16. The van der Waals surface area contributed by atoms with Gasteiger partial charge >= 0.3 is 0 Å². The summed E-state index contributed by atoms with van der Waals surface area (Å²) in [6.45, 7) is 13.7. The molecule has 164 valence electrons. The lowest BCUT2D eigenvalue weighted by atomic mass is 9.81. The average molecular weight is 425 g/mol. The summed E-state index contributed by atoms with van der Waals surface area (Å²) in [7, 11) is 2.16. The molecule has 0 atom stereocenters. The summed E-state index contributed by atoms with van der Waals surface area (Å²) in [6, 6.07) is 15.7. The van der Waals surface area contributed by atoms with Crippen molar-refractivity contribution < 1.29 is 9.30 Å². The number of ether oxygens (including phenoxy) is 1. The Kier molecular flexibility index (Phi) is 4.81. The minimum atomic E-state index is 0.156. The second kappa shape index (κ2) is 7.33. The molecule has 0 saturated carbocycles. The lowest BCUT2D eigenvalue weighted by molar-refractivity contribution is -0.659. The van der Waals surface area contributed by atoms with Crippen LogP contribution in [0.1, 0.15) is 51.3 Å². The van der Waals surface area contributed by atoms with Gasteiger partial charge in [-0.05, 0) is 64.5 Å². The molecule has 1 aliphatic heterocycles. The summed E-state index contributed by atoms with van der Waals surface area (Å²) in [4.78, 5) is 0. The SMILES string of the molecule is Cc1c2c(c(CC(C)(C)C)c3ccccc13)Oc1cc(CC(C)C)cc3cc[n+](C)c-2c13. The minimum Gasteiger partial charge on any atom is -0.455 e. The van der Waals surface area contributed by atoms with Crippen LogP contribution in [0.5, 0.6) is 11.5 Å². The van der Waals surface area contributed by atoms with Crippen molar-refractivity contribution in [3.05, 3.63) is 65.4 Å². The van der Waals surface area contributed by atoms with Gasteiger partial charge in [-0.2, -0.15) is 0 Å². The third-order valence-electron chi connectivity index (χ3n) is 6.59. The van der Waals surface area contributed by atoms with Crippen molar-refractivity contribution in [2.24, 2.45) is 18.4 Å². The number of rotatable bonds is 3. The molecule has 1 aromatic heterocycles. The van der Waals surface area contributed by atoms with Crippen molar-refractivity contribution in [1.29, 1.82) is 0 Å². The van der Waals surface area contributed by atoms with Gasteiger partial charge in [-0.15, -0.1) is 0 Å². The van der Waals surface area contributed by atoms with Crippen LogP contribution in [0.2, 0.25) is 0 Å². The Labute approximate surface area is 191 Å². The quantitative estimate of drug-likeness (QED) is 0.271. The maximum atomic E-state index is 6.88. The van der Waals surface area contributed by atoms with E-state index in [0.717, 1.165) is 24.3 Å². The highest BCUT2D eigenvalue weighted by atomic mass is 16.5. The first-order valence-electron chi connectivity index (χ1n) is 11.8. The van der Waals surface area contributed by atoms with E-state index in [-0.39, 0.29) is 5.41 Å². The zero-order chi connectivity index (χ0) is 22.8. The smallest absolute Gasteiger partial charge is 0.228 e. The standard InChI is InChI=1S/C30H34NO/c1-18(2)14-20-15-21-12-13-31(7)28-26-19(3)22-10-8-9-11-23(22)24(17-30(4,5)6)29(26)32-25(16-20)27(21)28/h8-13,15-16,18H,14,17H2,1-7H3/q+1. The van der Waals surface area contributed by atoms with Gasteiger partial charge in [-0.3, -0.25) is 0 Å². The molecule has 0 unspecified atom stereocenters. The van der Waals surface area contributed by atoms with Crippen LogP contribution in [-0.4, -0.2) is 0 Å². The third-order valence-corrected chi connectivity index (χ3v) is 6.59. The molecule has 1 aliphatic rings. The van der Waals surface area contributed by atoms with Crippen LogP contribution >= 0.6 is 0 Å². The topological polar surface area (TPSA) is 13.1 Å². The van der Waals surface area contributed by atoms with Gasteiger partial charge in [-0.1, -0.05) is 65.0 Å². The largest absolute Gasteiger partial charge is 0.455 e. The molecule has 0 amide bonds. The molecule has 0 aliphatic carbocycles. The fourth-order valence-corrected chi connectivity index (χ4v) is 5.36. The van der Waals surface area contributed by atoms with Gasteiger partial charge < -0.3 is 4.74 Å². The molecule has 2 nitrogen and oxygen atoms in total. The highest BCUT2D eigenvalue weighted by Gasteiger charge is 2.33. The third kappa shape index (κ3) is 3.37. The number of hydrogen-bond acceptors (Lipinski definition) is 1. The number of pyridine rings is 1. The van der Waals surface area contributed by atoms with Gasteiger partial charge in [0.2, 0.25) is 5.69 Å². The van der Waals surface area contributed by atoms with Crippen LogP contribution in [0.15, 0.2) is 48.7 Å². The number of nitrogens with zero attached hydrogens (tertiary/aromatic N) is 1. The fraction of sp³-hybridized carbons (Fsp3) is 0.367. The molecule has 0 saturated heterocycles. The number of benzene rings is 3. The van der Waals surface area contributed by atoms with Crippen molar-refractivity contribution in [2.45, 2.75) is 54.4 Å². The highest BCUT2D eigenvalue weighted by Crippen LogP contribution is 2.51. The van der Waals surface area contributed by atoms with Crippen molar-refractivity contribution in [3.8, 4) is 22.8 Å². The van der Waals surface area contributed by atoms with Crippen LogP contribution in [0.25, 0.3) is 32.8 Å². The maximum absolute atomic E-state index is 6.88. The van der Waals surface area contributed by atoms with Gasteiger partial charge in [0.25, 0.3) is 0 Å². The lowest BCUT2D eigenvalue weighted by Crippen LogP contribution is -2.32. The molecule has 0 spiro atoms. The van der Waals surface area contributed by atoms with Crippen LogP contribution in [0.4, 0.5) is 0 Å². The Hall–Kier alpha value is -2.87. The molecule has 3 aromatic carbocycles. The monoisotopic (exact) mass is 424 g/mol. The van der Waals surface area contributed by atoms with Crippen LogP contribution in [0.3, 0.4) is 0 Å². The summed E-state index contributed by atoms with van der Waals surface area (Å²) in [5, 5.41) is 5.14. The molecule has 0 fully saturated rings. The first-order valence-corrected chi connectivity index (χ1v) is 11.8. The summed E-state index contributed by atoms with van der Waals surface area (Å²) in [6.07, 6.45) is 4.23. The number of fused-ring (bicyclic) bond motifs is 3. The number of aromatic nitrogens is 1. The van der Waals surface area contributed by atoms with Gasteiger partial charge in [0.1, 0.15) is 18.5 Å². The van der Waals surface area contributed by atoms with Gasteiger partial charge in [0, 0.05) is 11.6 Å². The predicted molar refractivity (Wildman–Crippen MR) is 135 cm³/mol. The zero-order valence-electron chi connectivity index (χ0n) is 20.5. The normalized spacial score (nSPS) is 13.0. The summed E-state index contributed by atoms with van der Waals surface area (Å²) in [5.41, 5.74) is 6.65. The van der Waals surface area contributed by atoms with Crippen molar-refractivity contribution in [3.63, 3.8) is 0 Å². The van der Waals surface area contributed by atoms with E-state index in [4.69, 9.17) is 4.74 Å². The second-order valence-corrected chi connectivity index (χ2v) is 11.1. The Bertz CT molecular complexity index is 1370. The summed E-state index contributed by atoms with van der Waals surface area (Å²) >= 11 is 0. The Morgan fingerprint density at radius 3 is 2.41 bits per heavy atom. The molecular formula is C30H34NO+. The van der Waals surface area contributed by atoms with E-state index < -0.39 is 0 Å². The summed E-state index contributed by atoms with van der Waals surface area (Å²) in [5.74, 6) is 2.66. The molecular weight excluding hydrogens is 390 g/mol. The maximum Gasteiger partial charge on any atom is 0.228 e. The van der Waals surface area contributed by atoms with E-state index in [1.54, 1.807) is 0 Å². The van der Waals surface area contributed by atoms with Gasteiger partial charge in [-0.25, -0.2) is 4.57 Å². The molecule has 4 aromatic rings. The van der Waals surface area contributed by atoms with Crippen LogP contribution in [0, 0.1) is 18.3 Å². The van der Waals surface area contributed by atoms with Crippen LogP contribution < -0.4 is 9.30 Å². The van der Waals surface area contributed by atoms with E-state index in [1.165, 1.54) is 49.5 Å². The van der Waals surface area contributed by atoms with E-state index in [0.29, 0.717) is 5.92 Å². The Morgan fingerprint density at radius 1 is 1.00 bits per heavy atom. The zero-order valence-corrected chi connectivity index (χ0v) is 20.5. The second-order valence-electron chi connectivity index (χ2n) is 11.1. The first kappa shape index (κ1) is 21.0.